The Hall–Kier alpha value is -0.790. The maximum Gasteiger partial charge on any atom is 0.106 e. The van der Waals surface area contributed by atoms with Crippen molar-refractivity contribution in [2.45, 2.75) is 46.0 Å². The highest BCUT2D eigenvalue weighted by atomic mass is 14.9. The van der Waals surface area contributed by atoms with Gasteiger partial charge in [0.2, 0.25) is 0 Å². The van der Waals surface area contributed by atoms with E-state index >= 15 is 0 Å². The summed E-state index contributed by atoms with van der Waals surface area (Å²) in [4.78, 5) is 8.06. The van der Waals surface area contributed by atoms with Gasteiger partial charge in [0.25, 0.3) is 0 Å². The molecule has 0 saturated heterocycles. The molecule has 1 N–H and O–H groups in total. The van der Waals surface area contributed by atoms with Crippen LogP contribution in [0.5, 0.6) is 0 Å². The Balaban J connectivity index is 2.35. The van der Waals surface area contributed by atoms with Gasteiger partial charge in [0.05, 0.1) is 5.69 Å². The van der Waals surface area contributed by atoms with Gasteiger partial charge in [0.1, 0.15) is 5.82 Å². The summed E-state index contributed by atoms with van der Waals surface area (Å²) < 4.78 is 0. The van der Waals surface area contributed by atoms with E-state index in [1.807, 2.05) is 0 Å². The summed E-state index contributed by atoms with van der Waals surface area (Å²) in [6.45, 7) is 6.76. The molecule has 0 amide bonds. The third kappa shape index (κ3) is 1.50. The minimum atomic E-state index is 0.648. The van der Waals surface area contributed by atoms with Crippen molar-refractivity contribution in [3.05, 3.63) is 17.2 Å². The molecule has 0 spiro atoms. The van der Waals surface area contributed by atoms with Crippen LogP contribution in [-0.2, 0) is 12.8 Å². The van der Waals surface area contributed by atoms with Crippen LogP contribution in [0.1, 0.15) is 50.3 Å². The number of aromatic amines is 1. The lowest BCUT2D eigenvalue weighted by molar-refractivity contribution is 0.440. The molecule has 0 aromatic carbocycles. The third-order valence-electron chi connectivity index (χ3n) is 2.97. The number of H-pyrrole nitrogens is 1. The molecule has 2 heteroatoms. The van der Waals surface area contributed by atoms with Crippen LogP contribution in [0.3, 0.4) is 0 Å². The molecular formula is C11H18N2. The molecule has 2 nitrogen and oxygen atoms in total. The fourth-order valence-corrected chi connectivity index (χ4v) is 2.36. The quantitative estimate of drug-likeness (QED) is 0.703. The monoisotopic (exact) mass is 178 g/mol. The summed E-state index contributed by atoms with van der Waals surface area (Å²) in [6, 6.07) is 0. The van der Waals surface area contributed by atoms with Crippen molar-refractivity contribution < 1.29 is 0 Å². The minimum absolute atomic E-state index is 0.648. The second-order valence-electron chi connectivity index (χ2n) is 4.35. The predicted octanol–water partition coefficient (Wildman–Crippen LogP) is 2.66. The largest absolute Gasteiger partial charge is 0.346 e. The van der Waals surface area contributed by atoms with E-state index in [4.69, 9.17) is 0 Å². The molecule has 0 saturated carbocycles. The van der Waals surface area contributed by atoms with Crippen LogP contribution in [-0.4, -0.2) is 9.97 Å². The van der Waals surface area contributed by atoms with Crippen LogP contribution in [0.15, 0.2) is 0 Å². The van der Waals surface area contributed by atoms with E-state index < -0.39 is 0 Å². The Labute approximate surface area is 79.8 Å². The van der Waals surface area contributed by atoms with E-state index in [0.717, 1.165) is 18.2 Å². The van der Waals surface area contributed by atoms with Crippen LogP contribution >= 0.6 is 0 Å². The molecule has 0 bridgehead atoms. The number of nitrogens with one attached hydrogen (secondary N) is 1. The number of aryl methyl sites for hydroxylation is 1. The molecule has 1 aliphatic carbocycles. The Morgan fingerprint density at radius 3 is 2.92 bits per heavy atom. The van der Waals surface area contributed by atoms with Crippen LogP contribution in [0.25, 0.3) is 0 Å². The molecular weight excluding hydrogens is 160 g/mol. The van der Waals surface area contributed by atoms with Gasteiger partial charge in [-0.1, -0.05) is 20.8 Å². The molecule has 2 rings (SSSR count). The van der Waals surface area contributed by atoms with Crippen LogP contribution in [0, 0.1) is 5.92 Å². The first-order valence-electron chi connectivity index (χ1n) is 5.28. The second-order valence-corrected chi connectivity index (χ2v) is 4.35. The van der Waals surface area contributed by atoms with Gasteiger partial charge in [-0.25, -0.2) is 4.98 Å². The number of nitrogens with zero attached hydrogens (tertiary/aromatic N) is 1. The minimum Gasteiger partial charge on any atom is -0.346 e. The van der Waals surface area contributed by atoms with E-state index in [0.29, 0.717) is 5.92 Å². The Morgan fingerprint density at radius 1 is 1.46 bits per heavy atom. The van der Waals surface area contributed by atoms with Crippen LogP contribution in [0.2, 0.25) is 0 Å². The zero-order valence-electron chi connectivity index (χ0n) is 8.72. The highest BCUT2D eigenvalue weighted by Crippen LogP contribution is 2.32. The zero-order valence-corrected chi connectivity index (χ0v) is 8.72. The van der Waals surface area contributed by atoms with E-state index in [2.05, 4.69) is 30.7 Å². The van der Waals surface area contributed by atoms with Gasteiger partial charge in [-0.2, -0.15) is 0 Å². The molecule has 0 fully saturated rings. The Bertz CT molecular complexity index is 301. The van der Waals surface area contributed by atoms with Gasteiger partial charge < -0.3 is 4.98 Å². The zero-order chi connectivity index (χ0) is 9.42. The highest BCUT2D eigenvalue weighted by Gasteiger charge is 2.24. The Kier molecular flexibility index (Phi) is 2.14. The summed E-state index contributed by atoms with van der Waals surface area (Å²) >= 11 is 0. The number of aromatic nitrogens is 2. The van der Waals surface area contributed by atoms with Crippen molar-refractivity contribution >= 4 is 0 Å². The summed E-state index contributed by atoms with van der Waals surface area (Å²) in [6.07, 6.45) is 3.50. The smallest absolute Gasteiger partial charge is 0.106 e. The molecule has 13 heavy (non-hydrogen) atoms. The van der Waals surface area contributed by atoms with Gasteiger partial charge in [0, 0.05) is 18.0 Å². The van der Waals surface area contributed by atoms with Crippen molar-refractivity contribution in [1.82, 2.24) is 9.97 Å². The molecule has 2 atom stereocenters. The second kappa shape index (κ2) is 3.17. The molecule has 1 aromatic rings. The summed E-state index contributed by atoms with van der Waals surface area (Å²) in [5, 5.41) is 0. The first-order valence-corrected chi connectivity index (χ1v) is 5.28. The summed E-state index contributed by atoms with van der Waals surface area (Å²) in [5.41, 5.74) is 2.72. The first-order chi connectivity index (χ1) is 6.20. The Morgan fingerprint density at radius 2 is 2.23 bits per heavy atom. The molecule has 1 aliphatic rings. The van der Waals surface area contributed by atoms with Gasteiger partial charge in [-0.05, 0) is 18.8 Å². The number of hydrogen-bond donors (Lipinski definition) is 1. The predicted molar refractivity (Wildman–Crippen MR) is 53.9 cm³/mol. The van der Waals surface area contributed by atoms with Gasteiger partial charge in [0.15, 0.2) is 0 Å². The van der Waals surface area contributed by atoms with E-state index in [1.54, 1.807) is 0 Å². The third-order valence-corrected chi connectivity index (χ3v) is 2.97. The van der Waals surface area contributed by atoms with Crippen LogP contribution < -0.4 is 0 Å². The van der Waals surface area contributed by atoms with Gasteiger partial charge >= 0.3 is 0 Å². The van der Waals surface area contributed by atoms with E-state index in [-0.39, 0.29) is 0 Å². The number of fused-ring (bicyclic) bond motifs is 1. The van der Waals surface area contributed by atoms with Crippen molar-refractivity contribution in [3.63, 3.8) is 0 Å². The van der Waals surface area contributed by atoms with Crippen molar-refractivity contribution in [2.75, 3.05) is 0 Å². The first kappa shape index (κ1) is 8.79. The summed E-state index contributed by atoms with van der Waals surface area (Å²) in [5.74, 6) is 2.62. The molecule has 1 heterocycles. The lowest BCUT2D eigenvalue weighted by Gasteiger charge is -2.22. The van der Waals surface area contributed by atoms with E-state index in [9.17, 15) is 0 Å². The highest BCUT2D eigenvalue weighted by molar-refractivity contribution is 5.22. The van der Waals surface area contributed by atoms with Crippen molar-refractivity contribution in [2.24, 2.45) is 5.92 Å². The standard InChI is InChI=1S/C11H18N2/c1-4-10-12-9-6-7(2)5-8(3)11(9)13-10/h7-8H,4-6H2,1-3H3,(H,12,13). The average Bonchev–Trinajstić information content (AvgIpc) is 2.47. The number of rotatable bonds is 1. The van der Waals surface area contributed by atoms with Crippen molar-refractivity contribution in [1.29, 1.82) is 0 Å². The number of hydrogen-bond acceptors (Lipinski definition) is 1. The average molecular weight is 178 g/mol. The molecule has 1 aromatic heterocycles. The fourth-order valence-electron chi connectivity index (χ4n) is 2.36. The van der Waals surface area contributed by atoms with Crippen molar-refractivity contribution in [3.8, 4) is 0 Å². The van der Waals surface area contributed by atoms with Gasteiger partial charge in [-0.3, -0.25) is 0 Å². The molecule has 72 valence electrons. The topological polar surface area (TPSA) is 28.7 Å². The summed E-state index contributed by atoms with van der Waals surface area (Å²) in [7, 11) is 0. The lowest BCUT2D eigenvalue weighted by Crippen LogP contribution is -2.14. The SMILES string of the molecule is CCc1nc2c([nH]1)CC(C)CC2C. The van der Waals surface area contributed by atoms with Gasteiger partial charge in [-0.15, -0.1) is 0 Å². The normalized spacial score (nSPS) is 27.3. The fraction of sp³-hybridized carbons (Fsp3) is 0.727. The van der Waals surface area contributed by atoms with E-state index in [1.165, 1.54) is 24.2 Å². The van der Waals surface area contributed by atoms with Crippen LogP contribution in [0.4, 0.5) is 0 Å². The maximum absolute atomic E-state index is 4.63. The number of imidazole rings is 1. The molecule has 0 aliphatic heterocycles. The molecule has 0 radical (unpaired) electrons. The maximum atomic E-state index is 4.63. The molecule has 2 unspecified atom stereocenters. The lowest BCUT2D eigenvalue weighted by atomic mass is 9.84.